The number of rotatable bonds is 7. The van der Waals surface area contributed by atoms with E-state index in [1.807, 2.05) is 18.2 Å². The molecule has 0 radical (unpaired) electrons. The van der Waals surface area contributed by atoms with Crippen molar-refractivity contribution in [3.05, 3.63) is 48.3 Å². The Morgan fingerprint density at radius 2 is 2.14 bits per heavy atom. The van der Waals surface area contributed by atoms with Gasteiger partial charge in [-0.15, -0.1) is 0 Å². The smallest absolute Gasteiger partial charge is 0.356 e. The fraction of sp³-hybridized carbons (Fsp3) is 0.286. The van der Waals surface area contributed by atoms with Crippen molar-refractivity contribution in [1.82, 2.24) is 19.9 Å². The first kappa shape index (κ1) is 14.7. The van der Waals surface area contributed by atoms with Gasteiger partial charge in [-0.25, -0.2) is 9.78 Å². The van der Waals surface area contributed by atoms with Crippen molar-refractivity contribution in [3.8, 4) is 0 Å². The lowest BCUT2D eigenvalue weighted by atomic mass is 10.2. The van der Waals surface area contributed by atoms with Crippen LogP contribution in [0.1, 0.15) is 22.6 Å². The zero-order chi connectivity index (χ0) is 15.1. The van der Waals surface area contributed by atoms with Crippen molar-refractivity contribution in [2.24, 2.45) is 0 Å². The fourth-order valence-corrected chi connectivity index (χ4v) is 1.79. The van der Waals surface area contributed by atoms with E-state index in [1.165, 1.54) is 12.5 Å². The number of aromatic carboxylic acids is 1. The monoisotopic (exact) mass is 288 g/mol. The lowest BCUT2D eigenvalue weighted by molar-refractivity contribution is -0.121. The molecule has 7 nitrogen and oxygen atoms in total. The summed E-state index contributed by atoms with van der Waals surface area (Å²) in [5.41, 5.74) is 0.879. The molecule has 1 amide bonds. The molecule has 0 aliphatic rings. The molecule has 0 aliphatic heterocycles. The summed E-state index contributed by atoms with van der Waals surface area (Å²) in [5.74, 6) is -1.12. The van der Waals surface area contributed by atoms with E-state index < -0.39 is 5.97 Å². The minimum absolute atomic E-state index is 0.00326. The molecule has 0 unspecified atom stereocenters. The second kappa shape index (κ2) is 7.18. The van der Waals surface area contributed by atoms with Gasteiger partial charge in [0, 0.05) is 37.6 Å². The maximum absolute atomic E-state index is 11.7. The molecular weight excluding hydrogens is 272 g/mol. The summed E-state index contributed by atoms with van der Waals surface area (Å²) < 4.78 is 1.63. The highest BCUT2D eigenvalue weighted by Gasteiger charge is 2.06. The highest BCUT2D eigenvalue weighted by atomic mass is 16.4. The summed E-state index contributed by atoms with van der Waals surface area (Å²) in [5, 5.41) is 11.5. The van der Waals surface area contributed by atoms with Crippen LogP contribution < -0.4 is 5.32 Å². The minimum atomic E-state index is -1.06. The Kier molecular flexibility index (Phi) is 5.03. The predicted octanol–water partition coefficient (Wildman–Crippen LogP) is 0.725. The average molecular weight is 288 g/mol. The minimum Gasteiger partial charge on any atom is -0.476 e. The van der Waals surface area contributed by atoms with Gasteiger partial charge >= 0.3 is 5.97 Å². The van der Waals surface area contributed by atoms with Gasteiger partial charge in [0.2, 0.25) is 5.91 Å². The van der Waals surface area contributed by atoms with E-state index in [-0.39, 0.29) is 11.6 Å². The Morgan fingerprint density at radius 3 is 2.81 bits per heavy atom. The van der Waals surface area contributed by atoms with Crippen LogP contribution in [0.5, 0.6) is 0 Å². The third-order valence-electron chi connectivity index (χ3n) is 2.88. The molecule has 0 atom stereocenters. The van der Waals surface area contributed by atoms with E-state index in [2.05, 4.69) is 15.3 Å². The normalized spacial score (nSPS) is 10.3. The number of amides is 1. The zero-order valence-corrected chi connectivity index (χ0v) is 11.4. The number of hydrogen-bond acceptors (Lipinski definition) is 4. The molecule has 0 saturated carbocycles. The van der Waals surface area contributed by atoms with E-state index in [0.717, 1.165) is 5.69 Å². The molecule has 2 aromatic rings. The molecule has 0 saturated heterocycles. The molecule has 0 aromatic carbocycles. The number of pyridine rings is 1. The second-order valence-corrected chi connectivity index (χ2v) is 4.47. The van der Waals surface area contributed by atoms with Gasteiger partial charge in [-0.3, -0.25) is 9.78 Å². The van der Waals surface area contributed by atoms with E-state index in [0.29, 0.717) is 25.9 Å². The first-order chi connectivity index (χ1) is 10.1. The third-order valence-corrected chi connectivity index (χ3v) is 2.88. The zero-order valence-electron chi connectivity index (χ0n) is 11.4. The molecule has 2 aromatic heterocycles. The molecule has 2 rings (SSSR count). The summed E-state index contributed by atoms with van der Waals surface area (Å²) in [7, 11) is 0. The maximum Gasteiger partial charge on any atom is 0.356 e. The van der Waals surface area contributed by atoms with Crippen LogP contribution in [0.25, 0.3) is 0 Å². The van der Waals surface area contributed by atoms with Gasteiger partial charge in [-0.1, -0.05) is 6.07 Å². The Labute approximate surface area is 121 Å². The summed E-state index contributed by atoms with van der Waals surface area (Å²) >= 11 is 0. The lowest BCUT2D eigenvalue weighted by Crippen LogP contribution is -2.27. The summed E-state index contributed by atoms with van der Waals surface area (Å²) in [4.78, 5) is 30.2. The summed E-state index contributed by atoms with van der Waals surface area (Å²) in [6, 6.07) is 5.60. The molecule has 110 valence electrons. The van der Waals surface area contributed by atoms with Crippen molar-refractivity contribution in [3.63, 3.8) is 0 Å². The number of carbonyl (C=O) groups excluding carboxylic acids is 1. The summed E-state index contributed by atoms with van der Waals surface area (Å²) in [6.07, 6.45) is 5.54. The van der Waals surface area contributed by atoms with E-state index in [4.69, 9.17) is 5.11 Å². The maximum atomic E-state index is 11.7. The molecule has 2 heterocycles. The van der Waals surface area contributed by atoms with Crippen LogP contribution >= 0.6 is 0 Å². The predicted molar refractivity (Wildman–Crippen MR) is 74.8 cm³/mol. The number of aromatic nitrogens is 3. The highest BCUT2D eigenvalue weighted by Crippen LogP contribution is 1.98. The number of aryl methyl sites for hydroxylation is 1. The molecule has 0 spiro atoms. The number of nitrogens with one attached hydrogen (secondary N) is 1. The second-order valence-electron chi connectivity index (χ2n) is 4.47. The van der Waals surface area contributed by atoms with Crippen LogP contribution in [0.15, 0.2) is 36.9 Å². The average Bonchev–Trinajstić information content (AvgIpc) is 2.95. The first-order valence-corrected chi connectivity index (χ1v) is 6.57. The molecule has 0 fully saturated rings. The first-order valence-electron chi connectivity index (χ1n) is 6.57. The van der Waals surface area contributed by atoms with Gasteiger partial charge in [0.05, 0.1) is 6.33 Å². The van der Waals surface area contributed by atoms with Crippen molar-refractivity contribution in [1.29, 1.82) is 0 Å². The van der Waals surface area contributed by atoms with Crippen molar-refractivity contribution in [2.45, 2.75) is 19.4 Å². The van der Waals surface area contributed by atoms with Crippen LogP contribution in [0.3, 0.4) is 0 Å². The van der Waals surface area contributed by atoms with Gasteiger partial charge in [0.25, 0.3) is 0 Å². The van der Waals surface area contributed by atoms with Crippen molar-refractivity contribution >= 4 is 11.9 Å². The van der Waals surface area contributed by atoms with Crippen LogP contribution in [-0.4, -0.2) is 38.1 Å². The van der Waals surface area contributed by atoms with Crippen LogP contribution in [0, 0.1) is 0 Å². The lowest BCUT2D eigenvalue weighted by Gasteiger charge is -2.05. The third kappa shape index (κ3) is 4.72. The van der Waals surface area contributed by atoms with Crippen LogP contribution in [0.2, 0.25) is 0 Å². The van der Waals surface area contributed by atoms with Gasteiger partial charge in [-0.2, -0.15) is 0 Å². The van der Waals surface area contributed by atoms with Crippen molar-refractivity contribution < 1.29 is 14.7 Å². The number of imidazole rings is 1. The Bertz CT molecular complexity index is 610. The van der Waals surface area contributed by atoms with Crippen molar-refractivity contribution in [2.75, 3.05) is 6.54 Å². The number of carbonyl (C=O) groups is 2. The Balaban J connectivity index is 1.68. The quantitative estimate of drug-likeness (QED) is 0.782. The topological polar surface area (TPSA) is 97.1 Å². The molecule has 0 aliphatic carbocycles. The molecule has 21 heavy (non-hydrogen) atoms. The molecule has 0 bridgehead atoms. The largest absolute Gasteiger partial charge is 0.476 e. The van der Waals surface area contributed by atoms with E-state index in [9.17, 15) is 9.59 Å². The van der Waals surface area contributed by atoms with Gasteiger partial charge in [-0.05, 0) is 18.6 Å². The van der Waals surface area contributed by atoms with Gasteiger partial charge in [0.15, 0.2) is 5.69 Å². The molecular formula is C14H16N4O3. The van der Waals surface area contributed by atoms with E-state index in [1.54, 1.807) is 10.8 Å². The Hall–Kier alpha value is -2.70. The number of carboxylic acid groups (broad SMARTS) is 1. The van der Waals surface area contributed by atoms with Gasteiger partial charge in [0.1, 0.15) is 0 Å². The number of hydrogen-bond donors (Lipinski definition) is 2. The number of nitrogens with zero attached hydrogens (tertiary/aromatic N) is 3. The SMILES string of the molecule is O=C(CCc1ccccn1)NCCn1cnc(C(=O)O)c1. The highest BCUT2D eigenvalue weighted by molar-refractivity contribution is 5.84. The van der Waals surface area contributed by atoms with E-state index >= 15 is 0 Å². The number of carboxylic acids is 1. The van der Waals surface area contributed by atoms with Crippen LogP contribution in [-0.2, 0) is 17.8 Å². The van der Waals surface area contributed by atoms with Crippen LogP contribution in [0.4, 0.5) is 0 Å². The Morgan fingerprint density at radius 1 is 1.29 bits per heavy atom. The molecule has 7 heteroatoms. The molecule has 2 N–H and O–H groups in total. The van der Waals surface area contributed by atoms with Gasteiger partial charge < -0.3 is 15.0 Å². The fourth-order valence-electron chi connectivity index (χ4n) is 1.79. The standard InChI is InChI=1S/C14H16N4O3/c19-13(5-4-11-3-1-2-6-15-11)16-7-8-18-9-12(14(20)21)17-10-18/h1-3,6,9-10H,4-5,7-8H2,(H,16,19)(H,20,21). The summed E-state index contributed by atoms with van der Waals surface area (Å²) in [6.45, 7) is 0.909.